The molecule has 2 N–H and O–H groups in total. The van der Waals surface area contributed by atoms with Gasteiger partial charge in [-0.1, -0.05) is 41.8 Å². The van der Waals surface area contributed by atoms with Crippen LogP contribution in [0.3, 0.4) is 0 Å². The molecule has 0 aliphatic carbocycles. The van der Waals surface area contributed by atoms with E-state index in [0.717, 1.165) is 4.31 Å². The fourth-order valence-electron chi connectivity index (χ4n) is 4.25. The number of esters is 1. The van der Waals surface area contributed by atoms with E-state index in [-0.39, 0.29) is 30.5 Å². The van der Waals surface area contributed by atoms with Crippen LogP contribution >= 0.6 is 11.6 Å². The number of hydrogen-bond donors (Lipinski definition) is 2. The number of terminal acetylenes is 1. The van der Waals surface area contributed by atoms with Crippen molar-refractivity contribution in [2.75, 3.05) is 33.8 Å². The quantitative estimate of drug-likeness (QED) is 0.199. The van der Waals surface area contributed by atoms with Crippen LogP contribution in [0.5, 0.6) is 0 Å². The summed E-state index contributed by atoms with van der Waals surface area (Å²) in [7, 11) is -1.23. The second-order valence-electron chi connectivity index (χ2n) is 8.83. The van der Waals surface area contributed by atoms with E-state index >= 15 is 0 Å². The second kappa shape index (κ2) is 10.9. The molecule has 1 saturated heterocycles. The molecule has 4 rings (SSSR count). The standard InChI is InChI=1S/C26H26ClN5O5S/c1-4-11-30(2)25(28)18-7-5-17(6-8-18)14-32-22(26(34)37-3)15-31(16-24(32)33)38(35,36)23-13-19-12-20(27)9-10-21(19)29-23/h1,5-10,12-13,22,28-29H,11,14-16H2,2-3H3/t22-/m1/s1. The summed E-state index contributed by atoms with van der Waals surface area (Å²) in [4.78, 5) is 31.7. The summed E-state index contributed by atoms with van der Waals surface area (Å²) in [5.41, 5.74) is 1.91. The number of hydrogen-bond acceptors (Lipinski definition) is 6. The lowest BCUT2D eigenvalue weighted by molar-refractivity contribution is -0.157. The molecule has 0 spiro atoms. The molecule has 1 amide bonds. The Kier molecular flexibility index (Phi) is 7.78. The first-order valence-corrected chi connectivity index (χ1v) is 13.3. The number of ether oxygens (including phenoxy) is 1. The maximum Gasteiger partial charge on any atom is 0.329 e. The monoisotopic (exact) mass is 555 g/mol. The van der Waals surface area contributed by atoms with Crippen molar-refractivity contribution in [3.8, 4) is 12.3 Å². The van der Waals surface area contributed by atoms with Crippen LogP contribution in [0.4, 0.5) is 0 Å². The number of nitrogens with one attached hydrogen (secondary N) is 2. The fourth-order valence-corrected chi connectivity index (χ4v) is 5.84. The minimum atomic E-state index is -4.13. The number of carbonyl (C=O) groups is 2. The average Bonchev–Trinajstić information content (AvgIpc) is 3.33. The van der Waals surface area contributed by atoms with Crippen molar-refractivity contribution >= 4 is 50.2 Å². The van der Waals surface area contributed by atoms with Gasteiger partial charge in [-0.25, -0.2) is 13.2 Å². The summed E-state index contributed by atoms with van der Waals surface area (Å²) in [5.74, 6) is 1.46. The highest BCUT2D eigenvalue weighted by molar-refractivity contribution is 7.89. The Morgan fingerprint density at radius 1 is 1.26 bits per heavy atom. The number of amides is 1. The van der Waals surface area contributed by atoms with Crippen molar-refractivity contribution in [3.05, 3.63) is 64.7 Å². The number of carbonyl (C=O) groups excluding carboxylic acids is 2. The molecule has 1 aliphatic heterocycles. The van der Waals surface area contributed by atoms with E-state index < -0.39 is 34.5 Å². The zero-order valence-corrected chi connectivity index (χ0v) is 22.3. The summed E-state index contributed by atoms with van der Waals surface area (Å²) in [5, 5.41) is 9.20. The Morgan fingerprint density at radius 2 is 1.97 bits per heavy atom. The summed E-state index contributed by atoms with van der Waals surface area (Å²) in [6.45, 7) is -0.359. The van der Waals surface area contributed by atoms with E-state index in [1.165, 1.54) is 18.1 Å². The van der Waals surface area contributed by atoms with Gasteiger partial charge >= 0.3 is 5.97 Å². The summed E-state index contributed by atoms with van der Waals surface area (Å²) < 4.78 is 32.7. The molecular weight excluding hydrogens is 530 g/mol. The van der Waals surface area contributed by atoms with Gasteiger partial charge in [0, 0.05) is 41.6 Å². The zero-order valence-electron chi connectivity index (χ0n) is 20.8. The van der Waals surface area contributed by atoms with Gasteiger partial charge in [0.05, 0.1) is 20.2 Å². The summed E-state index contributed by atoms with van der Waals surface area (Å²) in [6.07, 6.45) is 5.32. The van der Waals surface area contributed by atoms with E-state index in [2.05, 4.69) is 10.9 Å². The Bertz CT molecular complexity index is 1540. The van der Waals surface area contributed by atoms with Gasteiger partial charge in [-0.2, -0.15) is 4.31 Å². The van der Waals surface area contributed by atoms with Gasteiger partial charge in [-0.05, 0) is 29.8 Å². The Balaban J connectivity index is 1.56. The zero-order chi connectivity index (χ0) is 27.6. The predicted octanol–water partition coefficient (Wildman–Crippen LogP) is 2.29. The average molecular weight is 556 g/mol. The number of amidine groups is 1. The van der Waals surface area contributed by atoms with Gasteiger partial charge in [0.2, 0.25) is 5.91 Å². The van der Waals surface area contributed by atoms with Gasteiger partial charge in [0.15, 0.2) is 0 Å². The third kappa shape index (κ3) is 5.38. The Labute approximate surface area is 225 Å². The number of benzene rings is 2. The van der Waals surface area contributed by atoms with E-state index in [0.29, 0.717) is 27.1 Å². The molecule has 10 nitrogen and oxygen atoms in total. The van der Waals surface area contributed by atoms with Crippen molar-refractivity contribution in [2.24, 2.45) is 0 Å². The van der Waals surface area contributed by atoms with Crippen molar-refractivity contribution in [1.29, 1.82) is 5.41 Å². The van der Waals surface area contributed by atoms with E-state index in [9.17, 15) is 18.0 Å². The number of halogens is 1. The molecule has 198 valence electrons. The molecule has 2 aromatic carbocycles. The van der Waals surface area contributed by atoms with Gasteiger partial charge in [-0.15, -0.1) is 6.42 Å². The maximum absolute atomic E-state index is 13.4. The van der Waals surface area contributed by atoms with Crippen LogP contribution in [0.25, 0.3) is 10.9 Å². The number of methoxy groups -OCH3 is 1. The van der Waals surface area contributed by atoms with Crippen LogP contribution in [-0.2, 0) is 30.9 Å². The largest absolute Gasteiger partial charge is 0.467 e. The third-order valence-electron chi connectivity index (χ3n) is 6.32. The molecule has 0 radical (unpaired) electrons. The molecule has 1 atom stereocenters. The lowest BCUT2D eigenvalue weighted by atomic mass is 10.1. The van der Waals surface area contributed by atoms with Crippen LogP contribution in [0.1, 0.15) is 11.1 Å². The first-order valence-electron chi connectivity index (χ1n) is 11.5. The number of aromatic amines is 1. The number of nitrogens with zero attached hydrogens (tertiary/aromatic N) is 3. The molecular formula is C26H26ClN5O5S. The van der Waals surface area contributed by atoms with Crippen LogP contribution in [0.15, 0.2) is 53.6 Å². The minimum Gasteiger partial charge on any atom is -0.467 e. The number of H-pyrrole nitrogens is 1. The highest BCUT2D eigenvalue weighted by atomic mass is 35.5. The number of aromatic nitrogens is 1. The number of rotatable bonds is 7. The van der Waals surface area contributed by atoms with Gasteiger partial charge in [0.25, 0.3) is 10.0 Å². The Morgan fingerprint density at radius 3 is 2.63 bits per heavy atom. The third-order valence-corrected chi connectivity index (χ3v) is 8.29. The molecule has 0 saturated carbocycles. The topological polar surface area (TPSA) is 127 Å². The molecule has 3 aromatic rings. The van der Waals surface area contributed by atoms with Crippen LogP contribution in [0, 0.1) is 17.8 Å². The maximum atomic E-state index is 13.4. The summed E-state index contributed by atoms with van der Waals surface area (Å²) >= 11 is 6.02. The highest BCUT2D eigenvalue weighted by Gasteiger charge is 2.42. The molecule has 1 aromatic heterocycles. The number of sulfonamides is 1. The van der Waals surface area contributed by atoms with Crippen molar-refractivity contribution in [3.63, 3.8) is 0 Å². The Hall–Kier alpha value is -3.85. The van der Waals surface area contributed by atoms with Crippen molar-refractivity contribution < 1.29 is 22.7 Å². The van der Waals surface area contributed by atoms with Crippen LogP contribution in [-0.4, -0.2) is 85.1 Å². The van der Waals surface area contributed by atoms with Gasteiger partial charge in [-0.3, -0.25) is 10.2 Å². The van der Waals surface area contributed by atoms with Crippen LogP contribution in [0.2, 0.25) is 5.02 Å². The molecule has 0 unspecified atom stereocenters. The van der Waals surface area contributed by atoms with E-state index in [4.69, 9.17) is 28.2 Å². The first kappa shape index (κ1) is 27.2. The van der Waals surface area contributed by atoms with Crippen molar-refractivity contribution in [2.45, 2.75) is 17.6 Å². The molecule has 38 heavy (non-hydrogen) atoms. The van der Waals surface area contributed by atoms with E-state index in [1.54, 1.807) is 54.4 Å². The lowest BCUT2D eigenvalue weighted by Crippen LogP contribution is -2.60. The fraction of sp³-hybridized carbons (Fsp3) is 0.269. The normalized spacial score (nSPS) is 16.3. The lowest BCUT2D eigenvalue weighted by Gasteiger charge is -2.38. The van der Waals surface area contributed by atoms with Crippen molar-refractivity contribution in [1.82, 2.24) is 19.1 Å². The second-order valence-corrected chi connectivity index (χ2v) is 11.2. The first-order chi connectivity index (χ1) is 18.0. The number of piperazine rings is 1. The van der Waals surface area contributed by atoms with Gasteiger partial charge < -0.3 is 19.5 Å². The highest BCUT2D eigenvalue weighted by Crippen LogP contribution is 2.27. The van der Waals surface area contributed by atoms with Gasteiger partial charge in [0.1, 0.15) is 16.9 Å². The van der Waals surface area contributed by atoms with Crippen LogP contribution < -0.4 is 0 Å². The predicted molar refractivity (Wildman–Crippen MR) is 143 cm³/mol. The SMILES string of the molecule is C#CCN(C)C(=N)c1ccc(CN2C(=O)CN(S(=O)(=O)c3cc4cc(Cl)ccc4[nH]3)C[C@@H]2C(=O)OC)cc1. The molecule has 1 aliphatic rings. The molecule has 12 heteroatoms. The molecule has 0 bridgehead atoms. The molecule has 1 fully saturated rings. The summed E-state index contributed by atoms with van der Waals surface area (Å²) in [6, 6.07) is 12.2. The minimum absolute atomic E-state index is 0.0607. The number of fused-ring (bicyclic) bond motifs is 1. The van der Waals surface area contributed by atoms with E-state index in [1.807, 2.05) is 0 Å². The molecule has 2 heterocycles. The smallest absolute Gasteiger partial charge is 0.329 e.